The molecule has 5 N–H and O–H groups in total. The van der Waals surface area contributed by atoms with Crippen molar-refractivity contribution in [2.75, 3.05) is 38.5 Å². The smallest absolute Gasteiger partial charge is 0.267 e. The highest BCUT2D eigenvalue weighted by Gasteiger charge is 2.37. The van der Waals surface area contributed by atoms with Gasteiger partial charge in [0.15, 0.2) is 0 Å². The monoisotopic (exact) mass is 421 g/mol. The number of aromatic nitrogens is 2. The number of carbonyl (C=O) groups is 1. The van der Waals surface area contributed by atoms with Crippen LogP contribution in [0.25, 0.3) is 10.9 Å². The lowest BCUT2D eigenvalue weighted by Gasteiger charge is -2.21. The van der Waals surface area contributed by atoms with Gasteiger partial charge in [-0.25, -0.2) is 4.98 Å². The van der Waals surface area contributed by atoms with E-state index in [1.165, 1.54) is 6.42 Å². The van der Waals surface area contributed by atoms with Crippen molar-refractivity contribution in [3.8, 4) is 0 Å². The summed E-state index contributed by atoms with van der Waals surface area (Å²) in [5.74, 6) is 1.77. The van der Waals surface area contributed by atoms with Crippen LogP contribution in [0, 0.1) is 11.8 Å². The number of H-pyrrole nitrogens is 1. The Bertz CT molecular complexity index is 968. The number of hydrogen-bond acceptors (Lipinski definition) is 5. The normalized spacial score (nSPS) is 17.9. The van der Waals surface area contributed by atoms with E-state index in [9.17, 15) is 9.90 Å². The molecule has 0 bridgehead atoms. The lowest BCUT2D eigenvalue weighted by Crippen LogP contribution is -2.31. The Labute approximate surface area is 182 Å². The van der Waals surface area contributed by atoms with Crippen LogP contribution in [0.15, 0.2) is 48.7 Å². The molecule has 31 heavy (non-hydrogen) atoms. The quantitative estimate of drug-likeness (QED) is 0.380. The molecular weight excluding hydrogens is 390 g/mol. The molecule has 0 spiro atoms. The molecule has 0 radical (unpaired) electrons. The van der Waals surface area contributed by atoms with E-state index in [2.05, 4.69) is 20.2 Å². The number of aliphatic hydroxyl groups excluding tert-OH is 1. The lowest BCUT2D eigenvalue weighted by molar-refractivity contribution is 0.0948. The maximum atomic E-state index is 12.4. The van der Waals surface area contributed by atoms with Gasteiger partial charge in [-0.3, -0.25) is 4.79 Å². The number of nitrogens with zero attached hydrogens (tertiary/aromatic N) is 2. The largest absolute Gasteiger partial charge is 0.395 e. The van der Waals surface area contributed by atoms with Gasteiger partial charge in [-0.1, -0.05) is 24.3 Å². The Balaban J connectivity index is 1.18. The third-order valence-electron chi connectivity index (χ3n) is 6.12. The van der Waals surface area contributed by atoms with Gasteiger partial charge < -0.3 is 26.0 Å². The summed E-state index contributed by atoms with van der Waals surface area (Å²) < 4.78 is 0. The molecule has 0 aliphatic heterocycles. The fourth-order valence-corrected chi connectivity index (χ4v) is 4.19. The van der Waals surface area contributed by atoms with Crippen molar-refractivity contribution in [3.63, 3.8) is 0 Å². The molecule has 2 atom stereocenters. The number of nitrogen functional groups attached to an aromatic ring is 1. The van der Waals surface area contributed by atoms with E-state index in [4.69, 9.17) is 5.73 Å². The Morgan fingerprint density at radius 3 is 2.87 bits per heavy atom. The van der Waals surface area contributed by atoms with Crippen LogP contribution in [0.1, 0.15) is 28.9 Å². The molecule has 0 saturated heterocycles. The van der Waals surface area contributed by atoms with Crippen molar-refractivity contribution in [1.82, 2.24) is 20.2 Å². The van der Waals surface area contributed by atoms with Gasteiger partial charge in [0.25, 0.3) is 5.91 Å². The van der Waals surface area contributed by atoms with E-state index < -0.39 is 0 Å². The first kappa shape index (κ1) is 21.3. The number of hydrogen-bond donors (Lipinski definition) is 4. The lowest BCUT2D eigenvalue weighted by atomic mass is 10.2. The summed E-state index contributed by atoms with van der Waals surface area (Å²) in [6.07, 6.45) is 4.90. The van der Waals surface area contributed by atoms with Gasteiger partial charge >= 0.3 is 0 Å². The number of para-hydroxylation sites is 1. The molecule has 2 heterocycles. The Hall–Kier alpha value is -2.90. The number of carbonyl (C=O) groups excluding carboxylic acids is 1. The van der Waals surface area contributed by atoms with Crippen LogP contribution in [-0.4, -0.2) is 58.7 Å². The fraction of sp³-hybridized carbons (Fsp3) is 0.417. The molecule has 164 valence electrons. The highest BCUT2D eigenvalue weighted by Crippen LogP contribution is 2.41. The molecule has 1 aliphatic rings. The summed E-state index contributed by atoms with van der Waals surface area (Å²) in [5, 5.41) is 13.5. The first-order valence-corrected chi connectivity index (χ1v) is 11.0. The Morgan fingerprint density at radius 1 is 1.23 bits per heavy atom. The van der Waals surface area contributed by atoms with E-state index >= 15 is 0 Å². The van der Waals surface area contributed by atoms with Gasteiger partial charge in [0.05, 0.1) is 6.61 Å². The van der Waals surface area contributed by atoms with E-state index in [0.717, 1.165) is 42.4 Å². The summed E-state index contributed by atoms with van der Waals surface area (Å²) in [7, 11) is 0. The molecule has 2 aromatic heterocycles. The minimum absolute atomic E-state index is 0.0487. The van der Waals surface area contributed by atoms with Crippen molar-refractivity contribution in [2.24, 2.45) is 11.8 Å². The Kier molecular flexibility index (Phi) is 6.84. The number of benzene rings is 1. The number of nitrogens with one attached hydrogen (secondary N) is 2. The summed E-state index contributed by atoms with van der Waals surface area (Å²) in [6.45, 7) is 3.42. The molecule has 1 amide bonds. The molecule has 1 aliphatic carbocycles. The zero-order valence-corrected chi connectivity index (χ0v) is 17.8. The van der Waals surface area contributed by atoms with Gasteiger partial charge in [-0.15, -0.1) is 0 Å². The van der Waals surface area contributed by atoms with Gasteiger partial charge in [-0.05, 0) is 54.9 Å². The Morgan fingerprint density at radius 2 is 2.10 bits per heavy atom. The highest BCUT2D eigenvalue weighted by molar-refractivity contribution is 5.97. The van der Waals surface area contributed by atoms with E-state index in [1.54, 1.807) is 0 Å². The number of fused-ring (bicyclic) bond motifs is 1. The SMILES string of the molecule is Nc1ccc(CCN(CCO)CC2CC2CCNC(=O)c2cc3ccccc3[nH]2)cn1. The van der Waals surface area contributed by atoms with Crippen LogP contribution in [0.3, 0.4) is 0 Å². The number of aliphatic hydroxyl groups is 1. The average Bonchev–Trinajstić information content (AvgIpc) is 3.35. The summed E-state index contributed by atoms with van der Waals surface area (Å²) in [5.41, 5.74) is 8.39. The summed E-state index contributed by atoms with van der Waals surface area (Å²) in [4.78, 5) is 22.1. The first-order valence-electron chi connectivity index (χ1n) is 11.0. The van der Waals surface area contributed by atoms with E-state index in [0.29, 0.717) is 36.4 Å². The summed E-state index contributed by atoms with van der Waals surface area (Å²) in [6, 6.07) is 13.6. The number of rotatable bonds is 11. The minimum atomic E-state index is -0.0487. The van der Waals surface area contributed by atoms with Gasteiger partial charge in [0, 0.05) is 43.3 Å². The second-order valence-corrected chi connectivity index (χ2v) is 8.44. The second kappa shape index (κ2) is 9.94. The van der Waals surface area contributed by atoms with Crippen LogP contribution >= 0.6 is 0 Å². The molecule has 1 fully saturated rings. The maximum Gasteiger partial charge on any atom is 0.267 e. The molecule has 7 nitrogen and oxygen atoms in total. The van der Waals surface area contributed by atoms with Gasteiger partial charge in [0.2, 0.25) is 0 Å². The van der Waals surface area contributed by atoms with E-state index in [1.807, 2.05) is 48.7 Å². The highest BCUT2D eigenvalue weighted by atomic mass is 16.3. The molecule has 7 heteroatoms. The average molecular weight is 422 g/mol. The van der Waals surface area contributed by atoms with Crippen LogP contribution in [0.5, 0.6) is 0 Å². The van der Waals surface area contributed by atoms with Crippen molar-refractivity contribution < 1.29 is 9.90 Å². The van der Waals surface area contributed by atoms with Crippen LogP contribution < -0.4 is 11.1 Å². The first-order chi connectivity index (χ1) is 15.1. The van der Waals surface area contributed by atoms with Crippen molar-refractivity contribution in [1.29, 1.82) is 0 Å². The molecule has 3 aromatic rings. The zero-order chi connectivity index (χ0) is 21.6. The predicted molar refractivity (Wildman–Crippen MR) is 123 cm³/mol. The minimum Gasteiger partial charge on any atom is -0.395 e. The molecule has 2 unspecified atom stereocenters. The third kappa shape index (κ3) is 5.83. The molecule has 1 saturated carbocycles. The standard InChI is InChI=1S/C24H31N5O2/c25-23-6-5-17(15-27-23)8-10-29(11-12-30)16-20-13-18(20)7-9-26-24(31)22-14-19-3-1-2-4-21(19)28-22/h1-6,14-15,18,20,28,30H,7-13,16H2,(H2,25,27)(H,26,31). The fourth-order valence-electron chi connectivity index (χ4n) is 4.19. The third-order valence-corrected chi connectivity index (χ3v) is 6.12. The van der Waals surface area contributed by atoms with E-state index in [-0.39, 0.29) is 12.5 Å². The maximum absolute atomic E-state index is 12.4. The number of nitrogens with two attached hydrogens (primary N) is 1. The van der Waals surface area contributed by atoms with Crippen molar-refractivity contribution in [2.45, 2.75) is 19.3 Å². The van der Waals surface area contributed by atoms with Crippen molar-refractivity contribution in [3.05, 3.63) is 59.9 Å². The van der Waals surface area contributed by atoms with Crippen LogP contribution in [-0.2, 0) is 6.42 Å². The number of amides is 1. The van der Waals surface area contributed by atoms with Gasteiger partial charge in [0.1, 0.15) is 11.5 Å². The molecule has 1 aromatic carbocycles. The second-order valence-electron chi connectivity index (χ2n) is 8.44. The van der Waals surface area contributed by atoms with Crippen LogP contribution in [0.4, 0.5) is 5.82 Å². The summed E-state index contributed by atoms with van der Waals surface area (Å²) >= 11 is 0. The zero-order valence-electron chi connectivity index (χ0n) is 17.8. The number of anilines is 1. The molecule has 4 rings (SSSR count). The predicted octanol–water partition coefficient (Wildman–Crippen LogP) is 2.44. The van der Waals surface area contributed by atoms with Crippen LogP contribution in [0.2, 0.25) is 0 Å². The van der Waals surface area contributed by atoms with Crippen molar-refractivity contribution >= 4 is 22.6 Å². The number of aromatic amines is 1. The number of pyridine rings is 1. The molecular formula is C24H31N5O2. The topological polar surface area (TPSA) is 107 Å². The van der Waals surface area contributed by atoms with Gasteiger partial charge in [-0.2, -0.15) is 0 Å².